The van der Waals surface area contributed by atoms with Gasteiger partial charge in [-0.1, -0.05) is 12.1 Å². The molecule has 1 aromatic rings. The highest BCUT2D eigenvalue weighted by atomic mass is 16.6. The zero-order chi connectivity index (χ0) is 18.2. The number of ether oxygens (including phenoxy) is 1. The third-order valence-electron chi connectivity index (χ3n) is 5.59. The molecule has 3 rings (SSSR count). The van der Waals surface area contributed by atoms with Gasteiger partial charge in [-0.15, -0.1) is 0 Å². The lowest BCUT2D eigenvalue weighted by Gasteiger charge is -2.29. The SMILES string of the molecule is CC(C)(C)OC(=O)C1CC1C1CCC(c2ccc(C(N)=O)cc2)CC1. The lowest BCUT2D eigenvalue weighted by atomic mass is 9.76. The molecule has 2 fully saturated rings. The van der Waals surface area contributed by atoms with Gasteiger partial charge in [-0.3, -0.25) is 9.59 Å². The van der Waals surface area contributed by atoms with Gasteiger partial charge >= 0.3 is 5.97 Å². The highest BCUT2D eigenvalue weighted by Gasteiger charge is 2.49. The minimum atomic E-state index is -0.390. The quantitative estimate of drug-likeness (QED) is 0.839. The molecule has 0 heterocycles. The highest BCUT2D eigenvalue weighted by Crippen LogP contribution is 2.52. The smallest absolute Gasteiger partial charge is 0.309 e. The first-order valence-corrected chi connectivity index (χ1v) is 9.37. The van der Waals surface area contributed by atoms with Crippen LogP contribution in [0.4, 0.5) is 0 Å². The molecule has 1 amide bonds. The number of nitrogens with two attached hydrogens (primary N) is 1. The Morgan fingerprint density at radius 1 is 1.04 bits per heavy atom. The van der Waals surface area contributed by atoms with Gasteiger partial charge in [0.1, 0.15) is 5.60 Å². The maximum Gasteiger partial charge on any atom is 0.309 e. The minimum Gasteiger partial charge on any atom is -0.460 e. The molecule has 1 aromatic carbocycles. The Morgan fingerprint density at radius 3 is 2.16 bits per heavy atom. The average Bonchev–Trinajstić information content (AvgIpc) is 3.34. The van der Waals surface area contributed by atoms with Crippen molar-refractivity contribution in [3.63, 3.8) is 0 Å². The molecular formula is C21H29NO3. The van der Waals surface area contributed by atoms with Gasteiger partial charge in [-0.25, -0.2) is 0 Å². The summed E-state index contributed by atoms with van der Waals surface area (Å²) >= 11 is 0. The molecule has 0 spiro atoms. The van der Waals surface area contributed by atoms with Crippen LogP contribution in [0.15, 0.2) is 24.3 Å². The molecular weight excluding hydrogens is 314 g/mol. The first-order valence-electron chi connectivity index (χ1n) is 9.37. The molecule has 0 aromatic heterocycles. The maximum atomic E-state index is 12.2. The zero-order valence-corrected chi connectivity index (χ0v) is 15.5. The first kappa shape index (κ1) is 18.0. The van der Waals surface area contributed by atoms with Crippen LogP contribution in [0.25, 0.3) is 0 Å². The van der Waals surface area contributed by atoms with Gasteiger partial charge in [0.15, 0.2) is 0 Å². The Kier molecular flexibility index (Phi) is 4.90. The largest absolute Gasteiger partial charge is 0.460 e. The molecule has 0 aliphatic heterocycles. The Bertz CT molecular complexity index is 636. The number of rotatable bonds is 4. The molecule has 2 N–H and O–H groups in total. The molecule has 0 radical (unpaired) electrons. The highest BCUT2D eigenvalue weighted by molar-refractivity contribution is 5.92. The van der Waals surface area contributed by atoms with Crippen LogP contribution in [-0.4, -0.2) is 17.5 Å². The van der Waals surface area contributed by atoms with E-state index in [1.165, 1.54) is 18.4 Å². The molecule has 25 heavy (non-hydrogen) atoms. The molecule has 2 aliphatic carbocycles. The molecule has 4 heteroatoms. The van der Waals surface area contributed by atoms with E-state index in [0.717, 1.165) is 19.3 Å². The Hall–Kier alpha value is -1.84. The average molecular weight is 343 g/mol. The number of carbonyl (C=O) groups excluding carboxylic acids is 2. The summed E-state index contributed by atoms with van der Waals surface area (Å²) in [6, 6.07) is 7.71. The molecule has 0 bridgehead atoms. The molecule has 2 atom stereocenters. The Morgan fingerprint density at radius 2 is 1.64 bits per heavy atom. The van der Waals surface area contributed by atoms with E-state index in [4.69, 9.17) is 10.5 Å². The van der Waals surface area contributed by atoms with E-state index in [1.54, 1.807) is 0 Å². The van der Waals surface area contributed by atoms with Gasteiger partial charge in [-0.05, 0) is 88.3 Å². The molecule has 2 saturated carbocycles. The fourth-order valence-electron chi connectivity index (χ4n) is 4.18. The van der Waals surface area contributed by atoms with Gasteiger partial charge in [0.05, 0.1) is 5.92 Å². The van der Waals surface area contributed by atoms with E-state index in [9.17, 15) is 9.59 Å². The number of benzene rings is 1. The first-order chi connectivity index (χ1) is 11.7. The van der Waals surface area contributed by atoms with Gasteiger partial charge in [-0.2, -0.15) is 0 Å². The van der Waals surface area contributed by atoms with Crippen LogP contribution >= 0.6 is 0 Å². The third-order valence-corrected chi connectivity index (χ3v) is 5.59. The van der Waals surface area contributed by atoms with Gasteiger partial charge < -0.3 is 10.5 Å². The van der Waals surface area contributed by atoms with E-state index in [0.29, 0.717) is 23.3 Å². The third kappa shape index (κ3) is 4.42. The van der Waals surface area contributed by atoms with E-state index in [2.05, 4.69) is 0 Å². The molecule has 2 unspecified atom stereocenters. The summed E-state index contributed by atoms with van der Waals surface area (Å²) in [7, 11) is 0. The van der Waals surface area contributed by atoms with Crippen molar-refractivity contribution in [2.75, 3.05) is 0 Å². The lowest BCUT2D eigenvalue weighted by Crippen LogP contribution is -2.26. The topological polar surface area (TPSA) is 69.4 Å². The van der Waals surface area contributed by atoms with Gasteiger partial charge in [0, 0.05) is 5.56 Å². The van der Waals surface area contributed by atoms with Crippen molar-refractivity contribution in [1.82, 2.24) is 0 Å². The van der Waals surface area contributed by atoms with Crippen molar-refractivity contribution in [2.24, 2.45) is 23.5 Å². The summed E-state index contributed by atoms with van der Waals surface area (Å²) in [5.41, 5.74) is 6.77. The Labute approximate surface area is 150 Å². The van der Waals surface area contributed by atoms with Crippen LogP contribution < -0.4 is 5.73 Å². The number of esters is 1. The summed E-state index contributed by atoms with van der Waals surface area (Å²) in [5, 5.41) is 0. The second kappa shape index (κ2) is 6.81. The number of primary amides is 1. The predicted molar refractivity (Wildman–Crippen MR) is 97.1 cm³/mol. The lowest BCUT2D eigenvalue weighted by molar-refractivity contribution is -0.157. The monoisotopic (exact) mass is 343 g/mol. The van der Waals surface area contributed by atoms with Crippen molar-refractivity contribution in [1.29, 1.82) is 0 Å². The molecule has 2 aliphatic rings. The van der Waals surface area contributed by atoms with Crippen LogP contribution in [0, 0.1) is 17.8 Å². The van der Waals surface area contributed by atoms with Crippen LogP contribution in [0.1, 0.15) is 74.7 Å². The molecule has 136 valence electrons. The fraction of sp³-hybridized carbons (Fsp3) is 0.619. The van der Waals surface area contributed by atoms with E-state index >= 15 is 0 Å². The van der Waals surface area contributed by atoms with Crippen molar-refractivity contribution in [3.05, 3.63) is 35.4 Å². The Balaban J connectivity index is 1.50. The summed E-state index contributed by atoms with van der Waals surface area (Å²) in [6.45, 7) is 5.78. The van der Waals surface area contributed by atoms with Crippen molar-refractivity contribution < 1.29 is 14.3 Å². The second-order valence-electron chi connectivity index (χ2n) is 8.64. The summed E-state index contributed by atoms with van der Waals surface area (Å²) < 4.78 is 5.53. The number of hydrogen-bond donors (Lipinski definition) is 1. The van der Waals surface area contributed by atoms with Crippen molar-refractivity contribution in [3.8, 4) is 0 Å². The summed E-state index contributed by atoms with van der Waals surface area (Å²) in [5.74, 6) is 1.46. The van der Waals surface area contributed by atoms with Crippen LogP contribution in [-0.2, 0) is 9.53 Å². The van der Waals surface area contributed by atoms with Crippen molar-refractivity contribution in [2.45, 2.75) is 64.4 Å². The maximum absolute atomic E-state index is 12.2. The van der Waals surface area contributed by atoms with Gasteiger partial charge in [0.2, 0.25) is 5.91 Å². The van der Waals surface area contributed by atoms with E-state index < -0.39 is 0 Å². The van der Waals surface area contributed by atoms with Crippen LogP contribution in [0.3, 0.4) is 0 Å². The summed E-state index contributed by atoms with van der Waals surface area (Å²) in [4.78, 5) is 23.4. The predicted octanol–water partition coefficient (Wildman–Crippen LogP) is 4.04. The van der Waals surface area contributed by atoms with Crippen molar-refractivity contribution >= 4 is 11.9 Å². The fourth-order valence-corrected chi connectivity index (χ4v) is 4.18. The van der Waals surface area contributed by atoms with Crippen LogP contribution in [0.2, 0.25) is 0 Å². The molecule has 0 saturated heterocycles. The number of carbonyl (C=O) groups is 2. The van der Waals surface area contributed by atoms with Crippen LogP contribution in [0.5, 0.6) is 0 Å². The van der Waals surface area contributed by atoms with E-state index in [1.807, 2.05) is 45.0 Å². The number of amides is 1. The van der Waals surface area contributed by atoms with Gasteiger partial charge in [0.25, 0.3) is 0 Å². The zero-order valence-electron chi connectivity index (χ0n) is 15.5. The summed E-state index contributed by atoms with van der Waals surface area (Å²) in [6.07, 6.45) is 5.65. The standard InChI is InChI=1S/C21H29NO3/c1-21(2,3)25-20(24)18-12-17(18)15-8-4-13(5-9-15)14-6-10-16(11-7-14)19(22)23/h6-7,10-11,13,15,17-18H,4-5,8-9,12H2,1-3H3,(H2,22,23). The van der Waals surface area contributed by atoms with E-state index in [-0.39, 0.29) is 23.4 Å². The normalized spacial score (nSPS) is 29.1. The minimum absolute atomic E-state index is 0.0123. The number of hydrogen-bond acceptors (Lipinski definition) is 3. The second-order valence-corrected chi connectivity index (χ2v) is 8.64. The molecule has 4 nitrogen and oxygen atoms in total.